The normalized spacial score (nSPS) is 13.7. The maximum atomic E-state index is 10.5. The third-order valence-corrected chi connectivity index (χ3v) is 3.75. The lowest BCUT2D eigenvalue weighted by Gasteiger charge is -2.34. The zero-order valence-electron chi connectivity index (χ0n) is 12.4. The number of aliphatic hydroxyl groups excluding tert-OH is 2. The van der Waals surface area contributed by atoms with Crippen molar-refractivity contribution in [3.05, 3.63) is 66.2 Å². The molecule has 0 fully saturated rings. The summed E-state index contributed by atoms with van der Waals surface area (Å²) in [6.45, 7) is 2.70. The number of hydrogen-bond acceptors (Lipinski definition) is 3. The molecular weight excluding hydrogens is 262 g/mol. The van der Waals surface area contributed by atoms with Crippen LogP contribution in [0.1, 0.15) is 12.5 Å². The molecule has 0 aliphatic rings. The Hall–Kier alpha value is -1.84. The first kappa shape index (κ1) is 15.5. The van der Waals surface area contributed by atoms with E-state index in [4.69, 9.17) is 0 Å². The zero-order chi connectivity index (χ0) is 15.1. The van der Waals surface area contributed by atoms with Gasteiger partial charge in [0, 0.05) is 18.7 Å². The maximum Gasteiger partial charge on any atom is 0.0806 e. The highest BCUT2D eigenvalue weighted by Crippen LogP contribution is 2.19. The fourth-order valence-corrected chi connectivity index (χ4v) is 2.65. The molecule has 0 saturated heterocycles. The Morgan fingerprint density at radius 3 is 2.05 bits per heavy atom. The first-order valence-corrected chi connectivity index (χ1v) is 7.40. The summed E-state index contributed by atoms with van der Waals surface area (Å²) in [5, 5.41) is 20.3. The van der Waals surface area contributed by atoms with E-state index in [0.717, 1.165) is 17.8 Å². The molecule has 0 aliphatic carbocycles. The van der Waals surface area contributed by atoms with Crippen LogP contribution in [-0.2, 0) is 6.42 Å². The molecule has 3 nitrogen and oxygen atoms in total. The minimum Gasteiger partial charge on any atom is -0.394 e. The number of rotatable bonds is 7. The smallest absolute Gasteiger partial charge is 0.0806 e. The first-order chi connectivity index (χ1) is 10.3. The molecule has 0 radical (unpaired) electrons. The van der Waals surface area contributed by atoms with Crippen molar-refractivity contribution in [2.24, 2.45) is 0 Å². The zero-order valence-corrected chi connectivity index (χ0v) is 12.4. The second-order valence-corrected chi connectivity index (χ2v) is 5.13. The molecule has 0 spiro atoms. The number of aliphatic hydroxyl groups is 2. The van der Waals surface area contributed by atoms with Gasteiger partial charge in [-0.15, -0.1) is 0 Å². The number of likely N-dealkylation sites (N-methyl/N-ethyl adjacent to an activating group) is 1. The molecule has 2 N–H and O–H groups in total. The fraction of sp³-hybridized carbons (Fsp3) is 0.333. The minimum absolute atomic E-state index is 0.0727. The highest BCUT2D eigenvalue weighted by molar-refractivity contribution is 5.47. The molecule has 0 heterocycles. The van der Waals surface area contributed by atoms with Gasteiger partial charge in [-0.3, -0.25) is 0 Å². The van der Waals surface area contributed by atoms with Crippen LogP contribution in [0.4, 0.5) is 5.69 Å². The lowest BCUT2D eigenvalue weighted by Crippen LogP contribution is -2.47. The van der Waals surface area contributed by atoms with E-state index in [0.29, 0.717) is 6.42 Å². The molecule has 112 valence electrons. The number of benzene rings is 2. The van der Waals surface area contributed by atoms with Crippen LogP contribution in [0.2, 0.25) is 0 Å². The van der Waals surface area contributed by atoms with Crippen LogP contribution in [-0.4, -0.2) is 35.5 Å². The monoisotopic (exact) mass is 285 g/mol. The molecular formula is C18H23NO2. The fourth-order valence-electron chi connectivity index (χ4n) is 2.65. The van der Waals surface area contributed by atoms with Crippen LogP contribution in [0.25, 0.3) is 0 Å². The predicted octanol–water partition coefficient (Wildman–Crippen LogP) is 2.48. The number of hydrogen-bond donors (Lipinski definition) is 2. The Morgan fingerprint density at radius 1 is 0.952 bits per heavy atom. The van der Waals surface area contributed by atoms with Crippen LogP contribution in [0, 0.1) is 0 Å². The molecule has 0 saturated carbocycles. The van der Waals surface area contributed by atoms with E-state index in [2.05, 4.69) is 0 Å². The van der Waals surface area contributed by atoms with E-state index in [1.165, 1.54) is 0 Å². The van der Waals surface area contributed by atoms with Gasteiger partial charge in [-0.1, -0.05) is 48.5 Å². The summed E-state index contributed by atoms with van der Waals surface area (Å²) in [7, 11) is 0. The molecule has 21 heavy (non-hydrogen) atoms. The average molecular weight is 285 g/mol. The van der Waals surface area contributed by atoms with Gasteiger partial charge in [0.2, 0.25) is 0 Å². The molecule has 0 amide bonds. The molecule has 3 heteroatoms. The Labute approximate surface area is 126 Å². The van der Waals surface area contributed by atoms with Crippen LogP contribution < -0.4 is 4.90 Å². The van der Waals surface area contributed by atoms with Crippen molar-refractivity contribution in [2.45, 2.75) is 25.5 Å². The van der Waals surface area contributed by atoms with E-state index < -0.39 is 6.10 Å². The third-order valence-electron chi connectivity index (χ3n) is 3.75. The SMILES string of the molecule is CCN(c1ccccc1)C(CO)C(O)Cc1ccccc1. The Morgan fingerprint density at radius 2 is 1.52 bits per heavy atom. The van der Waals surface area contributed by atoms with Crippen molar-refractivity contribution in [1.29, 1.82) is 0 Å². The highest BCUT2D eigenvalue weighted by Gasteiger charge is 2.25. The van der Waals surface area contributed by atoms with Gasteiger partial charge < -0.3 is 15.1 Å². The summed E-state index contributed by atoms with van der Waals surface area (Å²) in [4.78, 5) is 2.05. The Balaban J connectivity index is 2.13. The van der Waals surface area contributed by atoms with Crippen molar-refractivity contribution in [3.8, 4) is 0 Å². The van der Waals surface area contributed by atoms with Gasteiger partial charge in [0.05, 0.1) is 18.8 Å². The van der Waals surface area contributed by atoms with Crippen LogP contribution in [0.5, 0.6) is 0 Å². The van der Waals surface area contributed by atoms with Gasteiger partial charge in [-0.25, -0.2) is 0 Å². The maximum absolute atomic E-state index is 10.5. The van der Waals surface area contributed by atoms with Gasteiger partial charge in [0.25, 0.3) is 0 Å². The van der Waals surface area contributed by atoms with Crippen LogP contribution in [0.3, 0.4) is 0 Å². The molecule has 2 atom stereocenters. The molecule has 2 unspecified atom stereocenters. The van der Waals surface area contributed by atoms with Crippen molar-refractivity contribution in [2.75, 3.05) is 18.1 Å². The predicted molar refractivity (Wildman–Crippen MR) is 86.5 cm³/mol. The van der Waals surface area contributed by atoms with Crippen molar-refractivity contribution < 1.29 is 10.2 Å². The molecule has 2 aromatic rings. The molecule has 2 aromatic carbocycles. The van der Waals surface area contributed by atoms with Crippen LogP contribution >= 0.6 is 0 Å². The summed E-state index contributed by atoms with van der Waals surface area (Å²) in [6.07, 6.45) is -0.0763. The quantitative estimate of drug-likeness (QED) is 0.821. The third kappa shape index (κ3) is 4.06. The minimum atomic E-state index is -0.613. The van der Waals surface area contributed by atoms with E-state index >= 15 is 0 Å². The molecule has 2 rings (SSSR count). The van der Waals surface area contributed by atoms with Gasteiger partial charge in [0.1, 0.15) is 0 Å². The van der Waals surface area contributed by atoms with Gasteiger partial charge in [-0.2, -0.15) is 0 Å². The van der Waals surface area contributed by atoms with E-state index in [-0.39, 0.29) is 12.6 Å². The number of para-hydroxylation sites is 1. The van der Waals surface area contributed by atoms with Gasteiger partial charge in [0.15, 0.2) is 0 Å². The summed E-state index contributed by atoms with van der Waals surface area (Å²) in [5.41, 5.74) is 2.10. The van der Waals surface area contributed by atoms with Gasteiger partial charge in [-0.05, 0) is 24.6 Å². The largest absolute Gasteiger partial charge is 0.394 e. The Kier molecular flexibility index (Phi) is 5.78. The second kappa shape index (κ2) is 7.81. The van der Waals surface area contributed by atoms with Crippen molar-refractivity contribution in [3.63, 3.8) is 0 Å². The summed E-state index contributed by atoms with van der Waals surface area (Å²) in [5.74, 6) is 0. The van der Waals surface area contributed by atoms with Gasteiger partial charge >= 0.3 is 0 Å². The summed E-state index contributed by atoms with van der Waals surface area (Å²) >= 11 is 0. The average Bonchev–Trinajstić information content (AvgIpc) is 2.54. The van der Waals surface area contributed by atoms with E-state index in [9.17, 15) is 10.2 Å². The molecule has 0 aromatic heterocycles. The van der Waals surface area contributed by atoms with Crippen LogP contribution in [0.15, 0.2) is 60.7 Å². The first-order valence-electron chi connectivity index (χ1n) is 7.40. The Bertz CT molecular complexity index is 515. The second-order valence-electron chi connectivity index (χ2n) is 5.13. The number of anilines is 1. The van der Waals surface area contributed by atoms with Crippen molar-refractivity contribution >= 4 is 5.69 Å². The standard InChI is InChI=1S/C18H23NO2/c1-2-19(16-11-7-4-8-12-16)17(14-20)18(21)13-15-9-5-3-6-10-15/h3-12,17-18,20-21H,2,13-14H2,1H3. The summed E-state index contributed by atoms with van der Waals surface area (Å²) < 4.78 is 0. The number of nitrogens with zero attached hydrogens (tertiary/aromatic N) is 1. The lowest BCUT2D eigenvalue weighted by molar-refractivity contribution is 0.104. The molecule has 0 aliphatic heterocycles. The molecule has 0 bridgehead atoms. The van der Waals surface area contributed by atoms with E-state index in [1.54, 1.807) is 0 Å². The van der Waals surface area contributed by atoms with Crippen molar-refractivity contribution in [1.82, 2.24) is 0 Å². The van der Waals surface area contributed by atoms with E-state index in [1.807, 2.05) is 72.5 Å². The highest BCUT2D eigenvalue weighted by atomic mass is 16.3. The lowest BCUT2D eigenvalue weighted by atomic mass is 10.0. The topological polar surface area (TPSA) is 43.7 Å². The summed E-state index contributed by atoms with van der Waals surface area (Å²) in [6, 6.07) is 19.5.